The van der Waals surface area contributed by atoms with Crippen LogP contribution in [0.2, 0.25) is 0 Å². The third-order valence-electron chi connectivity index (χ3n) is 6.06. The van der Waals surface area contributed by atoms with Crippen molar-refractivity contribution >= 4 is 27.9 Å². The average Bonchev–Trinajstić information content (AvgIpc) is 3.07. The van der Waals surface area contributed by atoms with Crippen LogP contribution in [-0.4, -0.2) is 72.3 Å². The molecule has 3 fully saturated rings. The maximum atomic E-state index is 13.1. The van der Waals surface area contributed by atoms with Crippen molar-refractivity contribution in [2.75, 3.05) is 26.2 Å². The number of nitrogens with one attached hydrogen (secondary N) is 1. The Kier molecular flexibility index (Phi) is 6.08. The van der Waals surface area contributed by atoms with Crippen molar-refractivity contribution < 1.29 is 32.2 Å². The lowest BCUT2D eigenvalue weighted by atomic mass is 10.0. The van der Waals surface area contributed by atoms with Crippen molar-refractivity contribution in [1.29, 1.82) is 0 Å². The minimum absolute atomic E-state index is 0.0440. The molecule has 0 radical (unpaired) electrons. The minimum atomic E-state index is -4.47. The number of morpholine rings is 1. The lowest BCUT2D eigenvalue weighted by Crippen LogP contribution is -2.62. The van der Waals surface area contributed by atoms with Gasteiger partial charge in [0.2, 0.25) is 5.91 Å². The van der Waals surface area contributed by atoms with Crippen LogP contribution in [-0.2, 0) is 15.7 Å². The molecule has 3 aliphatic heterocycles. The lowest BCUT2D eigenvalue weighted by Gasteiger charge is -2.42. The average molecular weight is 506 g/mol. The molecule has 0 aromatic heterocycles. The summed E-state index contributed by atoms with van der Waals surface area (Å²) >= 11 is 3.24. The second-order valence-electron chi connectivity index (χ2n) is 8.06. The maximum Gasteiger partial charge on any atom is 0.416 e. The van der Waals surface area contributed by atoms with Gasteiger partial charge in [-0.05, 0) is 47.5 Å². The van der Waals surface area contributed by atoms with Gasteiger partial charge in [-0.1, -0.05) is 0 Å². The molecule has 4 rings (SSSR count). The summed E-state index contributed by atoms with van der Waals surface area (Å²) in [6.45, 7) is 3.19. The van der Waals surface area contributed by atoms with Crippen LogP contribution in [0.4, 0.5) is 18.0 Å². The number of ether oxygens (including phenoxy) is 2. The summed E-state index contributed by atoms with van der Waals surface area (Å²) in [5, 5.41) is 2.87. The van der Waals surface area contributed by atoms with Gasteiger partial charge in [0.05, 0.1) is 28.2 Å². The van der Waals surface area contributed by atoms with E-state index in [2.05, 4.69) is 21.2 Å². The van der Waals surface area contributed by atoms with Crippen LogP contribution in [0.1, 0.15) is 25.3 Å². The van der Waals surface area contributed by atoms with Crippen LogP contribution in [0, 0.1) is 0 Å². The number of piperidine rings is 1. The van der Waals surface area contributed by atoms with Gasteiger partial charge in [-0.15, -0.1) is 0 Å². The van der Waals surface area contributed by atoms with Crippen molar-refractivity contribution in [2.24, 2.45) is 0 Å². The van der Waals surface area contributed by atoms with E-state index in [0.717, 1.165) is 12.1 Å². The number of halogens is 4. The molecule has 3 amide bonds. The van der Waals surface area contributed by atoms with Gasteiger partial charge in [-0.2, -0.15) is 13.2 Å². The zero-order chi connectivity index (χ0) is 22.3. The summed E-state index contributed by atoms with van der Waals surface area (Å²) in [6, 6.07) is 2.56. The predicted octanol–water partition coefficient (Wildman–Crippen LogP) is 3.02. The molecule has 11 heteroatoms. The third kappa shape index (κ3) is 4.62. The van der Waals surface area contributed by atoms with E-state index < -0.39 is 17.8 Å². The Hall–Kier alpha value is -2.01. The van der Waals surface area contributed by atoms with Crippen LogP contribution >= 0.6 is 15.9 Å². The second-order valence-corrected chi connectivity index (χ2v) is 8.92. The topological polar surface area (TPSA) is 71.1 Å². The Morgan fingerprint density at radius 1 is 1.29 bits per heavy atom. The van der Waals surface area contributed by atoms with Crippen molar-refractivity contribution in [1.82, 2.24) is 15.1 Å². The number of fused-ring (bicyclic) bond motifs is 1. The first-order valence-electron chi connectivity index (χ1n) is 10.1. The minimum Gasteiger partial charge on any atom is -0.487 e. The lowest BCUT2D eigenvalue weighted by molar-refractivity contribution is -0.140. The van der Waals surface area contributed by atoms with Gasteiger partial charge in [-0.3, -0.25) is 4.79 Å². The van der Waals surface area contributed by atoms with E-state index in [4.69, 9.17) is 9.47 Å². The molecule has 0 aliphatic carbocycles. The Morgan fingerprint density at radius 2 is 2.06 bits per heavy atom. The largest absolute Gasteiger partial charge is 0.487 e. The Morgan fingerprint density at radius 3 is 2.81 bits per heavy atom. The standard InChI is InChI=1S/C20H23BrF3N3O4/c1-11-15(31-17-8-12(20(22,23)24)2-3-13(17)21)5-7-27(11)19(29)26-6-4-16-14(9-26)25-18(28)10-30-16/h2-3,8,11,14-16H,4-7,9-10H2,1H3,(H,25,28)/t11?,14-,15?,16+/m1/s1. The molecular weight excluding hydrogens is 483 g/mol. The fourth-order valence-corrected chi connectivity index (χ4v) is 4.67. The molecule has 7 nitrogen and oxygen atoms in total. The van der Waals surface area contributed by atoms with Crippen LogP contribution in [0.15, 0.2) is 22.7 Å². The van der Waals surface area contributed by atoms with E-state index in [0.29, 0.717) is 36.9 Å². The van der Waals surface area contributed by atoms with Gasteiger partial charge in [0, 0.05) is 26.1 Å². The molecule has 0 spiro atoms. The zero-order valence-electron chi connectivity index (χ0n) is 16.8. The summed E-state index contributed by atoms with van der Waals surface area (Å²) in [4.78, 5) is 28.1. The summed E-state index contributed by atoms with van der Waals surface area (Å²) in [6.07, 6.45) is -3.84. The first-order valence-corrected chi connectivity index (χ1v) is 10.9. The van der Waals surface area contributed by atoms with E-state index in [1.807, 2.05) is 6.92 Å². The quantitative estimate of drug-likeness (QED) is 0.670. The Balaban J connectivity index is 1.41. The highest BCUT2D eigenvalue weighted by atomic mass is 79.9. The molecule has 1 aromatic carbocycles. The molecule has 3 heterocycles. The van der Waals surface area contributed by atoms with E-state index in [1.165, 1.54) is 6.07 Å². The first kappa shape index (κ1) is 22.2. The fourth-order valence-electron chi connectivity index (χ4n) is 4.33. The number of amides is 3. The molecule has 3 saturated heterocycles. The molecule has 1 N–H and O–H groups in total. The van der Waals surface area contributed by atoms with Crippen LogP contribution in [0.5, 0.6) is 5.75 Å². The molecule has 1 aromatic rings. The van der Waals surface area contributed by atoms with Crippen molar-refractivity contribution in [3.8, 4) is 5.75 Å². The fraction of sp³-hybridized carbons (Fsp3) is 0.600. The molecule has 170 valence electrons. The zero-order valence-corrected chi connectivity index (χ0v) is 18.4. The summed E-state index contributed by atoms with van der Waals surface area (Å²) in [5.74, 6) is -0.0888. The number of nitrogens with zero attached hydrogens (tertiary/aromatic N) is 2. The van der Waals surface area contributed by atoms with Crippen molar-refractivity contribution in [2.45, 2.75) is 50.2 Å². The van der Waals surface area contributed by atoms with Crippen molar-refractivity contribution in [3.63, 3.8) is 0 Å². The molecule has 0 bridgehead atoms. The van der Waals surface area contributed by atoms with Crippen LogP contribution < -0.4 is 10.1 Å². The van der Waals surface area contributed by atoms with Gasteiger partial charge in [0.25, 0.3) is 0 Å². The van der Waals surface area contributed by atoms with Gasteiger partial charge in [0.1, 0.15) is 18.5 Å². The Labute approximate surface area is 186 Å². The summed E-state index contributed by atoms with van der Waals surface area (Å²) < 4.78 is 51.0. The first-order chi connectivity index (χ1) is 14.6. The normalized spacial score (nSPS) is 28.9. The van der Waals surface area contributed by atoms with E-state index in [-0.39, 0.29) is 42.5 Å². The van der Waals surface area contributed by atoms with Gasteiger partial charge >= 0.3 is 12.2 Å². The number of urea groups is 1. The highest BCUT2D eigenvalue weighted by Crippen LogP contribution is 2.37. The summed E-state index contributed by atoms with van der Waals surface area (Å²) in [7, 11) is 0. The van der Waals surface area contributed by atoms with Crippen LogP contribution in [0.3, 0.4) is 0 Å². The smallest absolute Gasteiger partial charge is 0.416 e. The monoisotopic (exact) mass is 505 g/mol. The molecule has 0 saturated carbocycles. The number of likely N-dealkylation sites (tertiary alicyclic amines) is 2. The number of benzene rings is 1. The van der Waals surface area contributed by atoms with Gasteiger partial charge < -0.3 is 24.6 Å². The van der Waals surface area contributed by atoms with Gasteiger partial charge in [0.15, 0.2) is 0 Å². The van der Waals surface area contributed by atoms with E-state index >= 15 is 0 Å². The number of carbonyl (C=O) groups is 2. The molecule has 2 unspecified atom stereocenters. The highest BCUT2D eigenvalue weighted by Gasteiger charge is 2.42. The number of carbonyl (C=O) groups excluding carboxylic acids is 2. The SMILES string of the molecule is CC1C(Oc2cc(C(F)(F)F)ccc2Br)CCN1C(=O)N1CC[C@@H]2OCC(=O)N[C@@H]2C1. The second kappa shape index (κ2) is 8.50. The number of hydrogen-bond acceptors (Lipinski definition) is 4. The Bertz CT molecular complexity index is 869. The third-order valence-corrected chi connectivity index (χ3v) is 6.72. The maximum absolute atomic E-state index is 13.1. The molecule has 4 atom stereocenters. The molecule has 31 heavy (non-hydrogen) atoms. The highest BCUT2D eigenvalue weighted by molar-refractivity contribution is 9.10. The molecule has 3 aliphatic rings. The van der Waals surface area contributed by atoms with Crippen LogP contribution in [0.25, 0.3) is 0 Å². The van der Waals surface area contributed by atoms with Gasteiger partial charge in [-0.25, -0.2) is 4.79 Å². The number of hydrogen-bond donors (Lipinski definition) is 1. The van der Waals surface area contributed by atoms with E-state index in [1.54, 1.807) is 9.80 Å². The number of alkyl halides is 3. The molecular formula is C20H23BrF3N3O4. The summed E-state index contributed by atoms with van der Waals surface area (Å²) in [5.41, 5.74) is -0.788. The predicted molar refractivity (Wildman–Crippen MR) is 108 cm³/mol. The van der Waals surface area contributed by atoms with Crippen molar-refractivity contribution in [3.05, 3.63) is 28.2 Å². The number of rotatable bonds is 2. The van der Waals surface area contributed by atoms with E-state index in [9.17, 15) is 22.8 Å².